The van der Waals surface area contributed by atoms with Gasteiger partial charge in [-0.25, -0.2) is 0 Å². The van der Waals surface area contributed by atoms with Crippen LogP contribution in [0.5, 0.6) is 0 Å². The predicted molar refractivity (Wildman–Crippen MR) is 76.6 cm³/mol. The summed E-state index contributed by atoms with van der Waals surface area (Å²) in [5.74, 6) is 0.308. The summed E-state index contributed by atoms with van der Waals surface area (Å²) in [5.41, 5.74) is 1.06. The first-order valence-electron chi connectivity index (χ1n) is 6.43. The van der Waals surface area contributed by atoms with Gasteiger partial charge in [-0.3, -0.25) is 10.1 Å². The Morgan fingerprint density at radius 1 is 1.42 bits per heavy atom. The van der Waals surface area contributed by atoms with E-state index in [0.717, 1.165) is 6.42 Å². The van der Waals surface area contributed by atoms with Crippen LogP contribution in [-0.2, 0) is 0 Å². The Labute approximate surface area is 113 Å². The maximum atomic E-state index is 11.1. The highest BCUT2D eigenvalue weighted by molar-refractivity contribution is 5.75. The molecule has 0 heterocycles. The molecule has 1 atom stereocenters. The van der Waals surface area contributed by atoms with Gasteiger partial charge in [0.2, 0.25) is 0 Å². The van der Waals surface area contributed by atoms with Crippen LogP contribution in [0.25, 0.3) is 0 Å². The van der Waals surface area contributed by atoms with E-state index in [4.69, 9.17) is 5.11 Å². The molecule has 0 spiro atoms. The number of rotatable bonds is 8. The lowest BCUT2D eigenvalue weighted by molar-refractivity contribution is -0.383. The summed E-state index contributed by atoms with van der Waals surface area (Å²) in [6.07, 6.45) is 1.62. The van der Waals surface area contributed by atoms with Crippen molar-refractivity contribution in [1.82, 2.24) is 0 Å². The Bertz CT molecular complexity index is 424. The number of nitro groups is 1. The average molecular weight is 267 g/mol. The Balaban J connectivity index is 2.85. The number of aliphatic hydroxyl groups is 1. The van der Waals surface area contributed by atoms with Crippen LogP contribution in [0.15, 0.2) is 18.2 Å². The molecule has 0 saturated heterocycles. The highest BCUT2D eigenvalue weighted by atomic mass is 16.6. The minimum absolute atomic E-state index is 0.0591. The molecule has 0 amide bonds. The third-order valence-corrected chi connectivity index (χ3v) is 3.18. The van der Waals surface area contributed by atoms with Crippen molar-refractivity contribution in [3.05, 3.63) is 28.3 Å². The van der Waals surface area contributed by atoms with Crippen LogP contribution < -0.4 is 10.6 Å². The van der Waals surface area contributed by atoms with Crippen molar-refractivity contribution in [2.24, 2.45) is 5.92 Å². The third kappa shape index (κ3) is 4.10. The van der Waals surface area contributed by atoms with Gasteiger partial charge in [0, 0.05) is 20.2 Å². The van der Waals surface area contributed by atoms with Crippen LogP contribution in [0.4, 0.5) is 17.1 Å². The fraction of sp³-hybridized carbons (Fsp3) is 0.538. The van der Waals surface area contributed by atoms with E-state index in [9.17, 15) is 10.1 Å². The molecule has 0 aliphatic rings. The molecule has 0 aromatic heterocycles. The molecule has 106 valence electrons. The standard InChI is InChI=1S/C13H21N3O3/c1-3-10(7-8-17)9-15-12-6-4-5-11(14-2)13(12)16(18)19/h4-6,10,14-15,17H,3,7-9H2,1-2H3. The lowest BCUT2D eigenvalue weighted by Gasteiger charge is -2.16. The SMILES string of the molecule is CCC(CCO)CNc1cccc(NC)c1[N+](=O)[O-]. The smallest absolute Gasteiger partial charge is 0.315 e. The topological polar surface area (TPSA) is 87.4 Å². The Hall–Kier alpha value is -1.82. The molecule has 1 unspecified atom stereocenters. The zero-order chi connectivity index (χ0) is 14.3. The van der Waals surface area contributed by atoms with Gasteiger partial charge in [-0.15, -0.1) is 0 Å². The van der Waals surface area contributed by atoms with E-state index < -0.39 is 0 Å². The molecule has 1 aromatic rings. The number of aliphatic hydroxyl groups excluding tert-OH is 1. The number of hydrogen-bond acceptors (Lipinski definition) is 5. The Kier molecular flexibility index (Phi) is 6.08. The van der Waals surface area contributed by atoms with Crippen molar-refractivity contribution in [3.8, 4) is 0 Å². The third-order valence-electron chi connectivity index (χ3n) is 3.18. The van der Waals surface area contributed by atoms with Gasteiger partial charge in [0.25, 0.3) is 0 Å². The lowest BCUT2D eigenvalue weighted by Crippen LogP contribution is -2.16. The van der Waals surface area contributed by atoms with Gasteiger partial charge in [-0.1, -0.05) is 19.4 Å². The molecule has 6 nitrogen and oxygen atoms in total. The normalized spacial score (nSPS) is 11.9. The van der Waals surface area contributed by atoms with Crippen molar-refractivity contribution in [2.45, 2.75) is 19.8 Å². The number of nitrogens with one attached hydrogen (secondary N) is 2. The number of para-hydroxylation sites is 1. The Morgan fingerprint density at radius 2 is 2.11 bits per heavy atom. The van der Waals surface area contributed by atoms with E-state index in [1.807, 2.05) is 6.92 Å². The van der Waals surface area contributed by atoms with Gasteiger partial charge < -0.3 is 15.7 Å². The summed E-state index contributed by atoms with van der Waals surface area (Å²) in [5, 5.41) is 26.0. The van der Waals surface area contributed by atoms with Gasteiger partial charge in [-0.2, -0.15) is 0 Å². The van der Waals surface area contributed by atoms with Gasteiger partial charge in [0.05, 0.1) is 4.92 Å². The second-order valence-electron chi connectivity index (χ2n) is 4.38. The second-order valence-corrected chi connectivity index (χ2v) is 4.38. The van der Waals surface area contributed by atoms with Crippen LogP contribution in [0.3, 0.4) is 0 Å². The molecule has 3 N–H and O–H groups in total. The summed E-state index contributed by atoms with van der Waals surface area (Å²) in [4.78, 5) is 10.7. The van der Waals surface area contributed by atoms with Crippen LogP contribution in [-0.4, -0.2) is 30.2 Å². The number of benzene rings is 1. The highest BCUT2D eigenvalue weighted by Gasteiger charge is 2.19. The average Bonchev–Trinajstić information content (AvgIpc) is 2.42. The fourth-order valence-corrected chi connectivity index (χ4v) is 1.97. The highest BCUT2D eigenvalue weighted by Crippen LogP contribution is 2.32. The number of nitro benzene ring substituents is 1. The maximum absolute atomic E-state index is 11.1. The predicted octanol–water partition coefficient (Wildman–Crippen LogP) is 2.46. The van der Waals surface area contributed by atoms with Gasteiger partial charge >= 0.3 is 5.69 Å². The van der Waals surface area contributed by atoms with E-state index >= 15 is 0 Å². The number of anilines is 2. The van der Waals surface area contributed by atoms with Crippen LogP contribution in [0.1, 0.15) is 19.8 Å². The first-order valence-corrected chi connectivity index (χ1v) is 6.43. The molecule has 6 heteroatoms. The van der Waals surface area contributed by atoms with Crippen LogP contribution in [0, 0.1) is 16.0 Å². The molecule has 0 fully saturated rings. The van der Waals surface area contributed by atoms with E-state index in [1.54, 1.807) is 25.2 Å². The molecular weight excluding hydrogens is 246 g/mol. The van der Waals surface area contributed by atoms with Gasteiger partial charge in [0.1, 0.15) is 11.4 Å². The number of hydrogen-bond donors (Lipinski definition) is 3. The molecule has 0 bridgehead atoms. The summed E-state index contributed by atoms with van der Waals surface area (Å²) >= 11 is 0. The molecule has 0 radical (unpaired) electrons. The van der Waals surface area contributed by atoms with Gasteiger partial charge in [-0.05, 0) is 24.5 Å². The fourth-order valence-electron chi connectivity index (χ4n) is 1.97. The minimum Gasteiger partial charge on any atom is -0.396 e. The van der Waals surface area contributed by atoms with Crippen molar-refractivity contribution in [1.29, 1.82) is 0 Å². The summed E-state index contributed by atoms with van der Waals surface area (Å²) in [7, 11) is 1.66. The van der Waals surface area contributed by atoms with Gasteiger partial charge in [0.15, 0.2) is 0 Å². The van der Waals surface area contributed by atoms with Crippen LogP contribution in [0.2, 0.25) is 0 Å². The molecular formula is C13H21N3O3. The van der Waals surface area contributed by atoms with Crippen molar-refractivity contribution >= 4 is 17.1 Å². The minimum atomic E-state index is -0.388. The van der Waals surface area contributed by atoms with Crippen molar-refractivity contribution < 1.29 is 10.0 Å². The van der Waals surface area contributed by atoms with Crippen molar-refractivity contribution in [2.75, 3.05) is 30.8 Å². The molecule has 19 heavy (non-hydrogen) atoms. The lowest BCUT2D eigenvalue weighted by atomic mass is 10.0. The molecule has 0 saturated carbocycles. The monoisotopic (exact) mass is 267 g/mol. The summed E-state index contributed by atoms with van der Waals surface area (Å²) < 4.78 is 0. The first kappa shape index (κ1) is 15.2. The zero-order valence-electron chi connectivity index (χ0n) is 11.3. The van der Waals surface area contributed by atoms with E-state index in [1.165, 1.54) is 0 Å². The van der Waals surface area contributed by atoms with Crippen molar-refractivity contribution in [3.63, 3.8) is 0 Å². The van der Waals surface area contributed by atoms with E-state index in [2.05, 4.69) is 10.6 Å². The van der Waals surface area contributed by atoms with E-state index in [0.29, 0.717) is 30.3 Å². The van der Waals surface area contributed by atoms with Crippen LogP contribution >= 0.6 is 0 Å². The quantitative estimate of drug-likeness (QED) is 0.497. The summed E-state index contributed by atoms with van der Waals surface area (Å²) in [6, 6.07) is 5.15. The Morgan fingerprint density at radius 3 is 2.63 bits per heavy atom. The molecule has 1 aromatic carbocycles. The first-order chi connectivity index (χ1) is 9.13. The largest absolute Gasteiger partial charge is 0.396 e. The molecule has 1 rings (SSSR count). The maximum Gasteiger partial charge on any atom is 0.315 e. The summed E-state index contributed by atoms with van der Waals surface area (Å²) in [6.45, 7) is 2.80. The van der Waals surface area contributed by atoms with E-state index in [-0.39, 0.29) is 17.2 Å². The molecule has 0 aliphatic carbocycles. The molecule has 0 aliphatic heterocycles. The second kappa shape index (κ2) is 7.58. The zero-order valence-corrected chi connectivity index (χ0v) is 11.3. The number of nitrogens with zero attached hydrogens (tertiary/aromatic N) is 1.